The van der Waals surface area contributed by atoms with Gasteiger partial charge in [0.1, 0.15) is 0 Å². The molecular weight excluding hydrogens is 240 g/mol. The summed E-state index contributed by atoms with van der Waals surface area (Å²) < 4.78 is 0. The Hall–Kier alpha value is -0.610. The maximum Gasteiger partial charge on any atom is 0.220 e. The normalized spacial score (nSPS) is 32.6. The molecule has 2 aliphatic rings. The van der Waals surface area contributed by atoms with Gasteiger partial charge >= 0.3 is 0 Å². The predicted octanol–water partition coefficient (Wildman–Crippen LogP) is 1.58. The van der Waals surface area contributed by atoms with E-state index in [1.165, 1.54) is 19.3 Å². The fraction of sp³-hybridized carbons (Fsp3) is 0.933. The Balaban J connectivity index is 1.67. The van der Waals surface area contributed by atoms with Crippen LogP contribution in [0.15, 0.2) is 0 Å². The first-order chi connectivity index (χ1) is 9.25. The van der Waals surface area contributed by atoms with Gasteiger partial charge in [0, 0.05) is 6.42 Å². The largest absolute Gasteiger partial charge is 0.391 e. The highest BCUT2D eigenvalue weighted by molar-refractivity contribution is 5.76. The third kappa shape index (κ3) is 5.11. The molecule has 1 amide bonds. The second kappa shape index (κ2) is 7.85. The number of rotatable bonds is 4. The highest BCUT2D eigenvalue weighted by Crippen LogP contribution is 2.19. The Morgan fingerprint density at radius 2 is 2.00 bits per heavy atom. The molecule has 0 aromatic rings. The molecule has 1 saturated heterocycles. The Bertz CT molecular complexity index is 277. The molecule has 3 N–H and O–H groups in total. The zero-order valence-corrected chi connectivity index (χ0v) is 11.9. The smallest absolute Gasteiger partial charge is 0.220 e. The molecule has 1 aliphatic heterocycles. The monoisotopic (exact) mass is 268 g/mol. The summed E-state index contributed by atoms with van der Waals surface area (Å²) in [6.07, 6.45) is 8.85. The topological polar surface area (TPSA) is 61.4 Å². The number of aliphatic hydroxyl groups excluding tert-OH is 1. The SMILES string of the molecule is O=C(CCC1CCCNC1)NC1CCCCCC1O. The van der Waals surface area contributed by atoms with Gasteiger partial charge in [-0.2, -0.15) is 0 Å². The fourth-order valence-corrected chi connectivity index (χ4v) is 3.24. The zero-order valence-electron chi connectivity index (χ0n) is 11.9. The number of carbonyl (C=O) groups excluding carboxylic acids is 1. The summed E-state index contributed by atoms with van der Waals surface area (Å²) >= 11 is 0. The highest BCUT2D eigenvalue weighted by atomic mass is 16.3. The van der Waals surface area contributed by atoms with Gasteiger partial charge in [0.25, 0.3) is 0 Å². The standard InChI is InChI=1S/C15H28N2O2/c18-14-7-3-1-2-6-13(14)17-15(19)9-8-12-5-4-10-16-11-12/h12-14,16,18H,1-11H2,(H,17,19). The van der Waals surface area contributed by atoms with Crippen LogP contribution in [0.25, 0.3) is 0 Å². The van der Waals surface area contributed by atoms with Crippen LogP contribution in [0.2, 0.25) is 0 Å². The van der Waals surface area contributed by atoms with Crippen molar-refractivity contribution in [3.8, 4) is 0 Å². The number of hydrogen-bond acceptors (Lipinski definition) is 3. The molecule has 3 unspecified atom stereocenters. The summed E-state index contributed by atoms with van der Waals surface area (Å²) in [5.41, 5.74) is 0. The number of amides is 1. The Labute approximate surface area is 116 Å². The lowest BCUT2D eigenvalue weighted by Crippen LogP contribution is -2.43. The molecule has 0 bridgehead atoms. The number of piperidine rings is 1. The lowest BCUT2D eigenvalue weighted by Gasteiger charge is -2.24. The summed E-state index contributed by atoms with van der Waals surface area (Å²) in [7, 11) is 0. The van der Waals surface area contributed by atoms with Crippen LogP contribution in [0.3, 0.4) is 0 Å². The van der Waals surface area contributed by atoms with Gasteiger partial charge in [0.2, 0.25) is 5.91 Å². The molecular formula is C15H28N2O2. The number of carbonyl (C=O) groups is 1. The van der Waals surface area contributed by atoms with Crippen molar-refractivity contribution in [1.82, 2.24) is 10.6 Å². The van der Waals surface area contributed by atoms with E-state index in [-0.39, 0.29) is 18.1 Å². The molecule has 4 heteroatoms. The molecule has 3 atom stereocenters. The first-order valence-electron chi connectivity index (χ1n) is 7.94. The molecule has 0 spiro atoms. The van der Waals surface area contributed by atoms with Crippen molar-refractivity contribution in [3.63, 3.8) is 0 Å². The van der Waals surface area contributed by atoms with Crippen molar-refractivity contribution < 1.29 is 9.90 Å². The van der Waals surface area contributed by atoms with E-state index < -0.39 is 0 Å². The minimum Gasteiger partial charge on any atom is -0.391 e. The quantitative estimate of drug-likeness (QED) is 0.678. The second-order valence-electron chi connectivity index (χ2n) is 6.13. The Kier molecular flexibility index (Phi) is 6.11. The van der Waals surface area contributed by atoms with Crippen molar-refractivity contribution in [2.75, 3.05) is 13.1 Å². The van der Waals surface area contributed by atoms with Crippen molar-refractivity contribution in [2.24, 2.45) is 5.92 Å². The van der Waals surface area contributed by atoms with E-state index >= 15 is 0 Å². The summed E-state index contributed by atoms with van der Waals surface area (Å²) in [5, 5.41) is 16.4. The molecule has 19 heavy (non-hydrogen) atoms. The van der Waals surface area contributed by atoms with Crippen LogP contribution in [-0.2, 0) is 4.79 Å². The van der Waals surface area contributed by atoms with Gasteiger partial charge in [0.05, 0.1) is 12.1 Å². The summed E-state index contributed by atoms with van der Waals surface area (Å²) in [6, 6.07) is -0.0144. The zero-order chi connectivity index (χ0) is 13.5. The molecule has 110 valence electrons. The van der Waals surface area contributed by atoms with Gasteiger partial charge in [-0.15, -0.1) is 0 Å². The molecule has 0 radical (unpaired) electrons. The van der Waals surface area contributed by atoms with Crippen molar-refractivity contribution in [1.29, 1.82) is 0 Å². The third-order valence-electron chi connectivity index (χ3n) is 4.50. The summed E-state index contributed by atoms with van der Waals surface area (Å²) in [5.74, 6) is 0.773. The highest BCUT2D eigenvalue weighted by Gasteiger charge is 2.23. The van der Waals surface area contributed by atoms with Crippen LogP contribution in [0.1, 0.15) is 57.8 Å². The molecule has 1 heterocycles. The Morgan fingerprint density at radius 3 is 2.79 bits per heavy atom. The van der Waals surface area contributed by atoms with Crippen LogP contribution in [0.4, 0.5) is 0 Å². The molecule has 1 aliphatic carbocycles. The molecule has 4 nitrogen and oxygen atoms in total. The summed E-state index contributed by atoms with van der Waals surface area (Å²) in [4.78, 5) is 12.0. The van der Waals surface area contributed by atoms with Gasteiger partial charge in [-0.25, -0.2) is 0 Å². The van der Waals surface area contributed by atoms with Gasteiger partial charge in [-0.1, -0.05) is 19.3 Å². The Morgan fingerprint density at radius 1 is 1.16 bits per heavy atom. The van der Waals surface area contributed by atoms with Crippen molar-refractivity contribution in [3.05, 3.63) is 0 Å². The maximum atomic E-state index is 12.0. The molecule has 0 aromatic heterocycles. The van der Waals surface area contributed by atoms with Crippen LogP contribution in [-0.4, -0.2) is 36.2 Å². The minimum absolute atomic E-state index is 0.0144. The lowest BCUT2D eigenvalue weighted by atomic mass is 9.94. The number of aliphatic hydroxyl groups is 1. The van der Waals surface area contributed by atoms with Crippen molar-refractivity contribution in [2.45, 2.75) is 69.9 Å². The molecule has 2 rings (SSSR count). The maximum absolute atomic E-state index is 12.0. The van der Waals surface area contributed by atoms with E-state index in [4.69, 9.17) is 0 Å². The van der Waals surface area contributed by atoms with Gasteiger partial charge in [-0.05, 0) is 51.1 Å². The summed E-state index contributed by atoms with van der Waals surface area (Å²) in [6.45, 7) is 2.18. The van der Waals surface area contributed by atoms with Crippen LogP contribution in [0, 0.1) is 5.92 Å². The number of nitrogens with one attached hydrogen (secondary N) is 2. The van der Waals surface area contributed by atoms with E-state index in [9.17, 15) is 9.90 Å². The predicted molar refractivity (Wildman–Crippen MR) is 75.9 cm³/mol. The number of hydrogen-bond donors (Lipinski definition) is 3. The molecule has 0 aromatic carbocycles. The van der Waals surface area contributed by atoms with Crippen LogP contribution in [0.5, 0.6) is 0 Å². The fourth-order valence-electron chi connectivity index (χ4n) is 3.24. The van der Waals surface area contributed by atoms with E-state index in [1.54, 1.807) is 0 Å². The second-order valence-corrected chi connectivity index (χ2v) is 6.13. The van der Waals surface area contributed by atoms with Gasteiger partial charge in [-0.3, -0.25) is 4.79 Å². The van der Waals surface area contributed by atoms with E-state index in [1.807, 2.05) is 0 Å². The first kappa shape index (κ1) is 14.8. The molecule has 1 saturated carbocycles. The first-order valence-corrected chi connectivity index (χ1v) is 7.94. The van der Waals surface area contributed by atoms with E-state index in [0.29, 0.717) is 12.3 Å². The van der Waals surface area contributed by atoms with E-state index in [0.717, 1.165) is 45.2 Å². The minimum atomic E-state index is -0.345. The van der Waals surface area contributed by atoms with Crippen LogP contribution < -0.4 is 10.6 Å². The average Bonchev–Trinajstić information content (AvgIpc) is 2.63. The van der Waals surface area contributed by atoms with Gasteiger partial charge < -0.3 is 15.7 Å². The average molecular weight is 268 g/mol. The third-order valence-corrected chi connectivity index (χ3v) is 4.50. The van der Waals surface area contributed by atoms with Crippen LogP contribution >= 0.6 is 0 Å². The van der Waals surface area contributed by atoms with Crippen molar-refractivity contribution >= 4 is 5.91 Å². The van der Waals surface area contributed by atoms with Gasteiger partial charge in [0.15, 0.2) is 0 Å². The lowest BCUT2D eigenvalue weighted by molar-refractivity contribution is -0.123. The van der Waals surface area contributed by atoms with E-state index in [2.05, 4.69) is 10.6 Å². The molecule has 2 fully saturated rings.